The summed E-state index contributed by atoms with van der Waals surface area (Å²) in [6, 6.07) is 5.11. The Kier molecular flexibility index (Phi) is 9.92. The maximum absolute atomic E-state index is 16.5. The van der Waals surface area contributed by atoms with Crippen molar-refractivity contribution >= 4 is 39.5 Å². The van der Waals surface area contributed by atoms with Crippen LogP contribution < -0.4 is 9.64 Å². The summed E-state index contributed by atoms with van der Waals surface area (Å²) in [5, 5.41) is 11.3. The number of phenols is 1. The van der Waals surface area contributed by atoms with Crippen LogP contribution in [0, 0.1) is 30.9 Å². The summed E-state index contributed by atoms with van der Waals surface area (Å²) in [4.78, 5) is 40.4. The van der Waals surface area contributed by atoms with Gasteiger partial charge in [-0.3, -0.25) is 24.6 Å². The lowest BCUT2D eigenvalue weighted by atomic mass is 9.96. The van der Waals surface area contributed by atoms with Crippen LogP contribution in [0.4, 0.5) is 23.4 Å². The molecule has 1 amide bonds. The number of ether oxygens (including phenoxy) is 1. The van der Waals surface area contributed by atoms with Crippen LogP contribution in [0.2, 0.25) is 0 Å². The number of hydrogen-bond donors (Lipinski definition) is 1. The molecule has 4 aliphatic rings. The molecule has 7 heterocycles. The summed E-state index contributed by atoms with van der Waals surface area (Å²) in [6.45, 7) is 4.17. The standard InChI is InChI=1S/C34H26F3N7O3.C7H12FN/c1-4-23-26(35)8-5-18-9-22(45)11-24(28(18)23)30-29(37)31-25(14-39-30)32(42-34(41-31)47-3)43-15-20-6-7-21(16-43)44(20)33(46)27(36)10-19-13-38-12-17(2)40-19;8-6-4-7-2-1-3-9(7)5-6/h1,5,8-14,20-21,45H,6-7,15-16H2,2-3H3;6-7H,1-5H2/b27-10-;. The molecule has 4 aliphatic heterocycles. The number of carbonyl (C=O) groups is 1. The van der Waals surface area contributed by atoms with Crippen molar-refractivity contribution in [2.75, 3.05) is 38.2 Å². The molecule has 3 aromatic heterocycles. The number of aryl methyl sites for hydroxylation is 1. The van der Waals surface area contributed by atoms with Crippen LogP contribution in [-0.4, -0.2) is 103 Å². The number of aromatic hydroxyl groups is 1. The van der Waals surface area contributed by atoms with Gasteiger partial charge in [0.2, 0.25) is 0 Å². The molecule has 0 saturated carbocycles. The zero-order chi connectivity index (χ0) is 39.2. The average molecular weight is 767 g/mol. The quantitative estimate of drug-likeness (QED) is 0.124. The Hall–Kier alpha value is -5.88. The Balaban J connectivity index is 0.000000427. The van der Waals surface area contributed by atoms with Crippen molar-refractivity contribution in [3.8, 4) is 35.4 Å². The van der Waals surface area contributed by atoms with Gasteiger partial charge in [0.15, 0.2) is 11.6 Å². The van der Waals surface area contributed by atoms with E-state index >= 15 is 8.78 Å². The third-order valence-electron chi connectivity index (χ3n) is 11.0. The van der Waals surface area contributed by atoms with Gasteiger partial charge in [-0.1, -0.05) is 12.0 Å². The number of aromatic nitrogens is 5. The number of piperazine rings is 1. The molecule has 0 spiro atoms. The maximum Gasteiger partial charge on any atom is 0.318 e. The number of alkyl halides is 1. The molecular weight excluding hydrogens is 728 g/mol. The minimum atomic E-state index is -0.935. The topological polar surface area (TPSA) is 121 Å². The number of phenolic OH excluding ortho intramolecular Hbond substituents is 1. The largest absolute Gasteiger partial charge is 0.508 e. The summed E-state index contributed by atoms with van der Waals surface area (Å²) in [7, 11) is 1.35. The molecule has 2 aromatic carbocycles. The van der Waals surface area contributed by atoms with Crippen molar-refractivity contribution in [3.63, 3.8) is 0 Å². The SMILES string of the molecule is C#Cc1c(F)ccc2cc(O)cc(-c3ncc4c(N5CC6CCC(C5)N6C(=O)/C(F)=C/c5cncc(C)n5)nc(OC)nc4c3F)c12.FC1CC2CCCN2C1. The second-order valence-corrected chi connectivity index (χ2v) is 14.6. The molecule has 5 aromatic rings. The fraction of sp³-hybridized carbons (Fsp3) is 0.366. The molecule has 4 unspecified atom stereocenters. The second-order valence-electron chi connectivity index (χ2n) is 14.6. The molecule has 9 rings (SSSR count). The highest BCUT2D eigenvalue weighted by atomic mass is 19.1. The van der Waals surface area contributed by atoms with Gasteiger partial charge in [-0.25, -0.2) is 17.6 Å². The fourth-order valence-corrected chi connectivity index (χ4v) is 8.60. The molecule has 4 atom stereocenters. The van der Waals surface area contributed by atoms with Crippen molar-refractivity contribution in [2.24, 2.45) is 0 Å². The number of rotatable bonds is 5. The van der Waals surface area contributed by atoms with Crippen molar-refractivity contribution < 1.29 is 32.2 Å². The Bertz CT molecular complexity index is 2410. The van der Waals surface area contributed by atoms with Gasteiger partial charge in [0.1, 0.15) is 34.8 Å². The molecule has 15 heteroatoms. The molecule has 0 radical (unpaired) electrons. The van der Waals surface area contributed by atoms with Gasteiger partial charge in [0, 0.05) is 55.1 Å². The van der Waals surface area contributed by atoms with E-state index in [4.69, 9.17) is 11.2 Å². The van der Waals surface area contributed by atoms with E-state index in [2.05, 4.69) is 35.7 Å². The minimum absolute atomic E-state index is 0.0860. The number of anilines is 1. The van der Waals surface area contributed by atoms with Gasteiger partial charge in [0.25, 0.3) is 5.91 Å². The van der Waals surface area contributed by atoms with Crippen LogP contribution in [0.3, 0.4) is 0 Å². The molecule has 4 saturated heterocycles. The summed E-state index contributed by atoms with van der Waals surface area (Å²) >= 11 is 0. The molecule has 1 N–H and O–H groups in total. The van der Waals surface area contributed by atoms with Crippen molar-refractivity contribution in [2.45, 2.75) is 63.3 Å². The summed E-state index contributed by atoms with van der Waals surface area (Å²) in [6.07, 6.45) is 15.1. The zero-order valence-electron chi connectivity index (χ0n) is 30.7. The van der Waals surface area contributed by atoms with Crippen LogP contribution in [-0.2, 0) is 4.79 Å². The first-order valence-corrected chi connectivity index (χ1v) is 18.5. The third kappa shape index (κ3) is 6.82. The predicted molar refractivity (Wildman–Crippen MR) is 202 cm³/mol. The van der Waals surface area contributed by atoms with Crippen molar-refractivity contribution in [1.29, 1.82) is 0 Å². The fourth-order valence-electron chi connectivity index (χ4n) is 8.60. The summed E-state index contributed by atoms with van der Waals surface area (Å²) < 4.78 is 64.3. The Morgan fingerprint density at radius 2 is 1.82 bits per heavy atom. The number of terminal acetylenes is 1. The van der Waals surface area contributed by atoms with Gasteiger partial charge >= 0.3 is 6.01 Å². The molecule has 56 heavy (non-hydrogen) atoms. The third-order valence-corrected chi connectivity index (χ3v) is 11.0. The van der Waals surface area contributed by atoms with Crippen LogP contribution in [0.5, 0.6) is 11.8 Å². The predicted octanol–water partition coefficient (Wildman–Crippen LogP) is 6.30. The van der Waals surface area contributed by atoms with Gasteiger partial charge in [-0.05, 0) is 69.2 Å². The van der Waals surface area contributed by atoms with E-state index in [1.54, 1.807) is 11.8 Å². The number of hydrogen-bond acceptors (Lipinski definition) is 10. The summed E-state index contributed by atoms with van der Waals surface area (Å²) in [5.41, 5.74) is 0.507. The van der Waals surface area contributed by atoms with Crippen molar-refractivity contribution in [1.82, 2.24) is 34.7 Å². The highest BCUT2D eigenvalue weighted by Crippen LogP contribution is 2.40. The lowest BCUT2D eigenvalue weighted by molar-refractivity contribution is -0.131. The number of halogens is 4. The first-order chi connectivity index (χ1) is 27.0. The molecule has 11 nitrogen and oxygen atoms in total. The molecule has 4 fully saturated rings. The molecule has 2 bridgehead atoms. The summed E-state index contributed by atoms with van der Waals surface area (Å²) in [5.74, 6) is -0.735. The van der Waals surface area contributed by atoms with E-state index in [-0.39, 0.29) is 62.6 Å². The molecule has 0 aliphatic carbocycles. The highest BCUT2D eigenvalue weighted by Gasteiger charge is 2.44. The van der Waals surface area contributed by atoms with Gasteiger partial charge < -0.3 is 19.6 Å². The van der Waals surface area contributed by atoms with E-state index in [9.17, 15) is 18.7 Å². The highest BCUT2D eigenvalue weighted by molar-refractivity contribution is 6.03. The first kappa shape index (κ1) is 37.1. The van der Waals surface area contributed by atoms with Gasteiger partial charge in [0.05, 0.1) is 47.7 Å². The lowest BCUT2D eigenvalue weighted by Crippen LogP contribution is -2.56. The van der Waals surface area contributed by atoms with E-state index in [0.717, 1.165) is 19.0 Å². The van der Waals surface area contributed by atoms with E-state index in [1.807, 2.05) is 4.90 Å². The van der Waals surface area contributed by atoms with Crippen LogP contribution in [0.1, 0.15) is 49.1 Å². The van der Waals surface area contributed by atoms with E-state index in [0.29, 0.717) is 55.4 Å². The zero-order valence-corrected chi connectivity index (χ0v) is 30.7. The van der Waals surface area contributed by atoms with Crippen LogP contribution in [0.15, 0.2) is 48.7 Å². The minimum Gasteiger partial charge on any atom is -0.508 e. The monoisotopic (exact) mass is 766 g/mol. The molecular formula is C41H38F4N8O3. The number of fused-ring (bicyclic) bond motifs is 5. The Morgan fingerprint density at radius 1 is 1.04 bits per heavy atom. The number of carbonyl (C=O) groups excluding carboxylic acids is 1. The number of amides is 1. The lowest BCUT2D eigenvalue weighted by Gasteiger charge is -2.41. The second kappa shape index (κ2) is 15.0. The van der Waals surface area contributed by atoms with E-state index < -0.39 is 29.5 Å². The van der Waals surface area contributed by atoms with Gasteiger partial charge in [-0.2, -0.15) is 9.97 Å². The number of benzene rings is 2. The average Bonchev–Trinajstić information content (AvgIpc) is 3.85. The smallest absolute Gasteiger partial charge is 0.318 e. The number of pyridine rings is 1. The van der Waals surface area contributed by atoms with Crippen molar-refractivity contribution in [3.05, 3.63) is 77.3 Å². The number of nitrogens with zero attached hydrogens (tertiary/aromatic N) is 8. The van der Waals surface area contributed by atoms with Gasteiger partial charge in [-0.15, -0.1) is 6.42 Å². The van der Waals surface area contributed by atoms with Crippen LogP contribution >= 0.6 is 0 Å². The normalized spacial score (nSPS) is 21.9. The Morgan fingerprint density at radius 3 is 2.54 bits per heavy atom. The van der Waals surface area contributed by atoms with E-state index in [1.165, 1.54) is 62.8 Å². The Labute approximate surface area is 320 Å². The maximum atomic E-state index is 16.5. The molecule has 288 valence electrons. The number of methoxy groups -OCH3 is 1. The first-order valence-electron chi connectivity index (χ1n) is 18.5. The van der Waals surface area contributed by atoms with Crippen LogP contribution in [0.25, 0.3) is 39.0 Å².